The predicted molar refractivity (Wildman–Crippen MR) is 146 cm³/mol. The lowest BCUT2D eigenvalue weighted by Crippen LogP contribution is -2.66. The van der Waals surface area contributed by atoms with E-state index in [1.54, 1.807) is 6.07 Å². The molecular weight excluding hydrogens is 534 g/mol. The molecule has 1 aliphatic heterocycles. The number of amides is 1. The summed E-state index contributed by atoms with van der Waals surface area (Å²) in [5.74, 6) is -6.44. The Morgan fingerprint density at radius 3 is 2.61 bits per heavy atom. The number of Topliss-reactive ketones (excluding diaryl/α,β-unsaturated/α-hetero) is 2. The van der Waals surface area contributed by atoms with E-state index >= 15 is 0 Å². The van der Waals surface area contributed by atoms with Crippen LogP contribution in [0.4, 0.5) is 0 Å². The van der Waals surface area contributed by atoms with Gasteiger partial charge in [0.15, 0.2) is 11.4 Å². The topological polar surface area (TPSA) is 192 Å². The van der Waals surface area contributed by atoms with Crippen LogP contribution < -0.4 is 15.8 Å². The van der Waals surface area contributed by atoms with Crippen molar-refractivity contribution in [3.05, 3.63) is 39.7 Å². The Balaban J connectivity index is 1.67. The average Bonchev–Trinajstić information content (AvgIpc) is 3.41. The van der Waals surface area contributed by atoms with E-state index in [0.717, 1.165) is 31.5 Å². The molecule has 4 aliphatic rings. The number of aromatic hydroxyl groups is 1. The van der Waals surface area contributed by atoms with Gasteiger partial charge in [0, 0.05) is 42.3 Å². The number of carbonyl (C=O) groups is 3. The van der Waals surface area contributed by atoms with E-state index in [1.165, 1.54) is 14.2 Å². The number of fused-ring (bicyclic) bond motifs is 3. The van der Waals surface area contributed by atoms with Gasteiger partial charge in [-0.25, -0.2) is 0 Å². The van der Waals surface area contributed by atoms with Crippen molar-refractivity contribution in [1.82, 2.24) is 10.2 Å². The number of carbonyl (C=O) groups excluding carboxylic acids is 3. The van der Waals surface area contributed by atoms with Gasteiger partial charge in [-0.1, -0.05) is 6.92 Å². The van der Waals surface area contributed by atoms with E-state index in [1.807, 2.05) is 0 Å². The van der Waals surface area contributed by atoms with Crippen molar-refractivity contribution < 1.29 is 44.3 Å². The Labute approximate surface area is 237 Å². The molecule has 12 nitrogen and oxygen atoms in total. The number of phenols is 1. The summed E-state index contributed by atoms with van der Waals surface area (Å²) in [6.07, 6.45) is 2.02. The fraction of sp³-hybridized carbons (Fsp3) is 0.552. The molecule has 5 rings (SSSR count). The zero-order valence-electron chi connectivity index (χ0n) is 23.4. The fourth-order valence-corrected chi connectivity index (χ4v) is 7.35. The Morgan fingerprint density at radius 1 is 1.24 bits per heavy atom. The second-order valence-corrected chi connectivity index (χ2v) is 11.1. The van der Waals surface area contributed by atoms with Gasteiger partial charge in [0.05, 0.1) is 25.3 Å². The maximum atomic E-state index is 14.0. The monoisotopic (exact) mass is 571 g/mol. The molecule has 0 radical (unpaired) electrons. The fourth-order valence-electron chi connectivity index (χ4n) is 7.35. The normalized spacial score (nSPS) is 29.9. The number of nitrogens with two attached hydrogens (primary N) is 1. The number of benzene rings is 1. The molecule has 5 atom stereocenters. The van der Waals surface area contributed by atoms with Crippen molar-refractivity contribution >= 4 is 23.2 Å². The number of ketones is 2. The summed E-state index contributed by atoms with van der Waals surface area (Å²) in [4.78, 5) is 41.8. The van der Waals surface area contributed by atoms with Crippen LogP contribution in [-0.4, -0.2) is 94.9 Å². The van der Waals surface area contributed by atoms with Crippen LogP contribution in [0.2, 0.25) is 0 Å². The minimum absolute atomic E-state index is 0.00772. The maximum Gasteiger partial charge on any atom is 0.255 e. The standard InChI is InChI=1S/C29H37N3O9/c1-4-32-8-5-6-17(32)14-12-18(33)20-15(25(14)41-3)10-13-11-16-22(31-7-9-40-2)24(35)21(28(30)38)27(37)29(16,39)26(36)19(13)23(20)34/h12-13,16-17,22,31,33-34,37,39H,4-11H2,1-3H3,(H2,30,38)/t13-,16-,17-,22-,29-/m0/s1. The number of phenolic OH excluding ortho intramolecular Hbond substituents is 1. The van der Waals surface area contributed by atoms with E-state index in [9.17, 15) is 34.8 Å². The number of rotatable bonds is 8. The van der Waals surface area contributed by atoms with Crippen molar-refractivity contribution in [3.8, 4) is 11.5 Å². The van der Waals surface area contributed by atoms with Gasteiger partial charge in [0.2, 0.25) is 5.78 Å². The van der Waals surface area contributed by atoms with Crippen molar-refractivity contribution in [1.29, 1.82) is 0 Å². The molecular formula is C29H37N3O9. The highest BCUT2D eigenvalue weighted by Gasteiger charge is 2.63. The molecule has 3 aliphatic carbocycles. The SMILES string of the molecule is CCN1CCC[C@H]1c1cc(O)c2c(c1OC)C[C@H]1C[C@H]3[C@H](NCCOC)C(=O)C(C(N)=O)=C(O)[C@@]3(O)C(=O)C1=C2O. The number of ether oxygens (including phenoxy) is 2. The van der Waals surface area contributed by atoms with Gasteiger partial charge in [-0.15, -0.1) is 0 Å². The molecule has 1 saturated carbocycles. The number of aliphatic hydroxyl groups excluding tert-OH is 2. The molecule has 1 heterocycles. The highest BCUT2D eigenvalue weighted by Crippen LogP contribution is 2.54. The van der Waals surface area contributed by atoms with Crippen molar-refractivity contribution in [2.75, 3.05) is 40.5 Å². The molecule has 0 spiro atoms. The first-order chi connectivity index (χ1) is 19.5. The first-order valence-corrected chi connectivity index (χ1v) is 13.9. The second-order valence-electron chi connectivity index (χ2n) is 11.1. The summed E-state index contributed by atoms with van der Waals surface area (Å²) >= 11 is 0. The van der Waals surface area contributed by atoms with Gasteiger partial charge < -0.3 is 41.0 Å². The lowest BCUT2D eigenvalue weighted by molar-refractivity contribution is -0.150. The van der Waals surface area contributed by atoms with E-state index < -0.39 is 58.0 Å². The van der Waals surface area contributed by atoms with Gasteiger partial charge >= 0.3 is 0 Å². The first kappa shape index (κ1) is 29.1. The molecule has 0 aromatic heterocycles. The van der Waals surface area contributed by atoms with Crippen molar-refractivity contribution in [2.24, 2.45) is 17.6 Å². The van der Waals surface area contributed by atoms with Gasteiger partial charge in [0.25, 0.3) is 5.91 Å². The molecule has 12 heteroatoms. The van der Waals surface area contributed by atoms with Crippen LogP contribution in [0.25, 0.3) is 5.76 Å². The summed E-state index contributed by atoms with van der Waals surface area (Å²) in [5, 5.41) is 48.4. The number of likely N-dealkylation sites (tertiary alicyclic amines) is 1. The number of methoxy groups -OCH3 is 2. The lowest BCUT2D eigenvalue weighted by atomic mass is 9.57. The second kappa shape index (κ2) is 10.8. The molecule has 1 aromatic rings. The number of hydrogen-bond acceptors (Lipinski definition) is 11. The van der Waals surface area contributed by atoms with E-state index in [2.05, 4.69) is 17.1 Å². The van der Waals surface area contributed by atoms with Gasteiger partial charge in [-0.05, 0) is 50.8 Å². The molecule has 2 fully saturated rings. The van der Waals surface area contributed by atoms with Gasteiger partial charge in [0.1, 0.15) is 28.6 Å². The average molecular weight is 572 g/mol. The van der Waals surface area contributed by atoms with Crippen LogP contribution >= 0.6 is 0 Å². The first-order valence-electron chi connectivity index (χ1n) is 13.9. The molecule has 0 unspecified atom stereocenters. The Hall–Kier alpha value is -3.45. The zero-order valence-corrected chi connectivity index (χ0v) is 23.4. The summed E-state index contributed by atoms with van der Waals surface area (Å²) in [6.45, 7) is 4.14. The number of nitrogens with one attached hydrogen (secondary N) is 1. The predicted octanol–water partition coefficient (Wildman–Crippen LogP) is 0.804. The maximum absolute atomic E-state index is 14.0. The lowest BCUT2D eigenvalue weighted by Gasteiger charge is -2.49. The van der Waals surface area contributed by atoms with Crippen molar-refractivity contribution in [3.63, 3.8) is 0 Å². The number of primary amides is 1. The Kier molecular flexibility index (Phi) is 7.62. The Bertz CT molecular complexity index is 1370. The Morgan fingerprint density at radius 2 is 1.98 bits per heavy atom. The molecule has 1 aromatic carbocycles. The molecule has 0 bridgehead atoms. The van der Waals surface area contributed by atoms with E-state index in [0.29, 0.717) is 11.3 Å². The van der Waals surface area contributed by atoms with Crippen LogP contribution in [0.3, 0.4) is 0 Å². The molecule has 41 heavy (non-hydrogen) atoms. The van der Waals surface area contributed by atoms with Crippen LogP contribution in [0.1, 0.15) is 48.9 Å². The summed E-state index contributed by atoms with van der Waals surface area (Å²) in [5.41, 5.74) is 2.96. The third-order valence-electron chi connectivity index (χ3n) is 9.18. The highest BCUT2D eigenvalue weighted by atomic mass is 16.5. The largest absolute Gasteiger partial charge is 0.508 e. The molecule has 1 saturated heterocycles. The van der Waals surface area contributed by atoms with Gasteiger partial charge in [-0.2, -0.15) is 0 Å². The molecule has 222 valence electrons. The van der Waals surface area contributed by atoms with Crippen LogP contribution in [0.15, 0.2) is 23.0 Å². The number of hydrogen-bond donors (Lipinski definition) is 6. The number of nitrogens with zero attached hydrogens (tertiary/aromatic N) is 1. The highest BCUT2D eigenvalue weighted by molar-refractivity contribution is 6.24. The minimum Gasteiger partial charge on any atom is -0.508 e. The third kappa shape index (κ3) is 4.23. The van der Waals surface area contributed by atoms with E-state index in [4.69, 9.17) is 15.2 Å². The quantitative estimate of drug-likeness (QED) is 0.191. The summed E-state index contributed by atoms with van der Waals surface area (Å²) in [6, 6.07) is 0.327. The van der Waals surface area contributed by atoms with Crippen LogP contribution in [0, 0.1) is 11.8 Å². The number of aliphatic hydroxyl groups is 3. The van der Waals surface area contributed by atoms with E-state index in [-0.39, 0.29) is 48.9 Å². The summed E-state index contributed by atoms with van der Waals surface area (Å²) < 4.78 is 10.9. The summed E-state index contributed by atoms with van der Waals surface area (Å²) in [7, 11) is 2.99. The smallest absolute Gasteiger partial charge is 0.255 e. The van der Waals surface area contributed by atoms with Crippen LogP contribution in [-0.2, 0) is 25.5 Å². The van der Waals surface area contributed by atoms with Crippen molar-refractivity contribution in [2.45, 2.75) is 50.3 Å². The zero-order chi connectivity index (χ0) is 29.8. The van der Waals surface area contributed by atoms with Crippen LogP contribution in [0.5, 0.6) is 11.5 Å². The molecule has 1 amide bonds. The molecule has 7 N–H and O–H groups in total. The third-order valence-corrected chi connectivity index (χ3v) is 9.18. The van der Waals surface area contributed by atoms with Gasteiger partial charge in [-0.3, -0.25) is 19.3 Å². The minimum atomic E-state index is -2.70.